The number of thiophene rings is 1. The zero-order valence-electron chi connectivity index (χ0n) is 9.20. The molecule has 0 radical (unpaired) electrons. The molecule has 1 aromatic rings. The summed E-state index contributed by atoms with van der Waals surface area (Å²) in [5.41, 5.74) is 0. The first kappa shape index (κ1) is 15.4. The molecule has 4 nitrogen and oxygen atoms in total. The van der Waals surface area contributed by atoms with E-state index in [1.807, 2.05) is 6.92 Å². The maximum absolute atomic E-state index is 12.1. The minimum Gasteiger partial charge on any atom is -0.315 e. The summed E-state index contributed by atoms with van der Waals surface area (Å²) in [6.07, 6.45) is 0.851. The van der Waals surface area contributed by atoms with Gasteiger partial charge in [0.1, 0.15) is 0 Å². The van der Waals surface area contributed by atoms with Gasteiger partial charge in [-0.25, -0.2) is 13.1 Å². The van der Waals surface area contributed by atoms with Gasteiger partial charge in [0.25, 0.3) is 0 Å². The summed E-state index contributed by atoms with van der Waals surface area (Å²) in [7, 11) is -3.36. The number of halogens is 2. The van der Waals surface area contributed by atoms with Crippen LogP contribution in [0.1, 0.15) is 11.3 Å². The van der Waals surface area contributed by atoms with Crippen molar-refractivity contribution in [3.8, 4) is 0 Å². The summed E-state index contributed by atoms with van der Waals surface area (Å²) in [5, 5.41) is 3.13. The van der Waals surface area contributed by atoms with Gasteiger partial charge in [-0.2, -0.15) is 0 Å². The number of nitrogens with one attached hydrogen (secondary N) is 2. The van der Waals surface area contributed by atoms with E-state index in [9.17, 15) is 8.42 Å². The Bertz CT molecular complexity index is 483. The highest BCUT2D eigenvalue weighted by molar-refractivity contribution is 9.11. The van der Waals surface area contributed by atoms with Crippen LogP contribution in [0.2, 0.25) is 0 Å². The van der Waals surface area contributed by atoms with Crippen LogP contribution in [0.15, 0.2) is 14.7 Å². The molecule has 1 fully saturated rings. The fourth-order valence-electron chi connectivity index (χ4n) is 1.74. The first-order chi connectivity index (χ1) is 7.49. The smallest absolute Gasteiger partial charge is 0.241 e. The molecule has 2 rings (SSSR count). The molecule has 0 saturated carbocycles. The van der Waals surface area contributed by atoms with E-state index in [0.29, 0.717) is 11.4 Å². The molecule has 1 aliphatic heterocycles. The predicted octanol–water partition coefficient (Wildman–Crippen LogP) is 1.88. The van der Waals surface area contributed by atoms with Crippen molar-refractivity contribution < 1.29 is 8.42 Å². The largest absolute Gasteiger partial charge is 0.315 e. The third-order valence-electron chi connectivity index (χ3n) is 2.51. The minimum atomic E-state index is -3.36. The maximum Gasteiger partial charge on any atom is 0.241 e. The second-order valence-corrected chi connectivity index (χ2v) is 8.10. The molecule has 0 aromatic carbocycles. The molecule has 0 spiro atoms. The van der Waals surface area contributed by atoms with Crippen molar-refractivity contribution in [3.63, 3.8) is 0 Å². The van der Waals surface area contributed by atoms with Crippen molar-refractivity contribution in [1.82, 2.24) is 10.0 Å². The monoisotopic (exact) mass is 360 g/mol. The maximum atomic E-state index is 12.1. The van der Waals surface area contributed by atoms with E-state index in [0.717, 1.165) is 21.6 Å². The number of rotatable bonds is 3. The number of sulfonamides is 1. The fourth-order valence-corrected chi connectivity index (χ4v) is 5.42. The normalized spacial score (nSPS) is 20.2. The summed E-state index contributed by atoms with van der Waals surface area (Å²) < 4.78 is 27.7. The molecule has 1 saturated heterocycles. The lowest BCUT2D eigenvalue weighted by Crippen LogP contribution is -2.36. The van der Waals surface area contributed by atoms with Crippen LogP contribution >= 0.6 is 39.7 Å². The summed E-state index contributed by atoms with van der Waals surface area (Å²) >= 11 is 4.74. The SMILES string of the molecule is Cc1sc(Br)cc1S(=O)(=O)NC1CCNC1.Cl. The Labute approximate surface area is 120 Å². The lowest BCUT2D eigenvalue weighted by Gasteiger charge is -2.11. The minimum absolute atomic E-state index is 0. The standard InChI is InChI=1S/C9H13BrN2O2S2.ClH/c1-6-8(4-9(10)15-6)16(13,14)12-7-2-3-11-5-7;/h4,7,11-12H,2-3,5H2,1H3;1H. The van der Waals surface area contributed by atoms with Crippen molar-refractivity contribution in [1.29, 1.82) is 0 Å². The van der Waals surface area contributed by atoms with Crippen molar-refractivity contribution in [2.75, 3.05) is 13.1 Å². The highest BCUT2D eigenvalue weighted by Crippen LogP contribution is 2.29. The summed E-state index contributed by atoms with van der Waals surface area (Å²) in [6, 6.07) is 1.67. The van der Waals surface area contributed by atoms with Crippen molar-refractivity contribution in [2.45, 2.75) is 24.3 Å². The number of aryl methyl sites for hydroxylation is 1. The first-order valence-electron chi connectivity index (χ1n) is 4.98. The van der Waals surface area contributed by atoms with Gasteiger partial charge in [-0.1, -0.05) is 0 Å². The quantitative estimate of drug-likeness (QED) is 0.864. The van der Waals surface area contributed by atoms with Crippen molar-refractivity contribution in [3.05, 3.63) is 14.7 Å². The van der Waals surface area contributed by atoms with Gasteiger partial charge in [0.15, 0.2) is 0 Å². The Morgan fingerprint density at radius 2 is 2.29 bits per heavy atom. The average molecular weight is 362 g/mol. The molecule has 1 aliphatic rings. The molecule has 2 heterocycles. The van der Waals surface area contributed by atoms with Gasteiger partial charge in [-0.15, -0.1) is 23.7 Å². The molecular formula is C9H14BrClN2O2S2. The van der Waals surface area contributed by atoms with E-state index in [1.165, 1.54) is 11.3 Å². The third kappa shape index (κ3) is 3.65. The van der Waals surface area contributed by atoms with E-state index in [2.05, 4.69) is 26.0 Å². The highest BCUT2D eigenvalue weighted by atomic mass is 79.9. The lowest BCUT2D eigenvalue weighted by molar-refractivity contribution is 0.560. The summed E-state index contributed by atoms with van der Waals surface area (Å²) in [4.78, 5) is 1.20. The Hall–Kier alpha value is 0.340. The molecule has 8 heteroatoms. The van der Waals surface area contributed by atoms with Crippen molar-refractivity contribution in [2.24, 2.45) is 0 Å². The van der Waals surface area contributed by atoms with E-state index in [1.54, 1.807) is 6.07 Å². The van der Waals surface area contributed by atoms with Crippen LogP contribution in [0.25, 0.3) is 0 Å². The molecule has 0 bridgehead atoms. The van der Waals surface area contributed by atoms with Crippen LogP contribution in [0.4, 0.5) is 0 Å². The van der Waals surface area contributed by atoms with Gasteiger partial charge < -0.3 is 5.32 Å². The van der Waals surface area contributed by atoms with Gasteiger partial charge in [-0.3, -0.25) is 0 Å². The van der Waals surface area contributed by atoms with Gasteiger partial charge in [0, 0.05) is 17.5 Å². The van der Waals surface area contributed by atoms with E-state index >= 15 is 0 Å². The third-order valence-corrected chi connectivity index (χ3v) is 5.84. The average Bonchev–Trinajstić information content (AvgIpc) is 2.75. The second kappa shape index (κ2) is 5.99. The Morgan fingerprint density at radius 1 is 1.59 bits per heavy atom. The lowest BCUT2D eigenvalue weighted by atomic mass is 10.3. The van der Waals surface area contributed by atoms with E-state index in [-0.39, 0.29) is 18.4 Å². The molecule has 2 N–H and O–H groups in total. The molecule has 0 amide bonds. The molecule has 17 heavy (non-hydrogen) atoms. The molecule has 0 aliphatic carbocycles. The zero-order chi connectivity index (χ0) is 11.8. The Kier molecular flexibility index (Phi) is 5.42. The Morgan fingerprint density at radius 3 is 2.76 bits per heavy atom. The zero-order valence-corrected chi connectivity index (χ0v) is 13.2. The predicted molar refractivity (Wildman–Crippen MR) is 75.6 cm³/mol. The van der Waals surface area contributed by atoms with Gasteiger partial charge >= 0.3 is 0 Å². The molecule has 1 unspecified atom stereocenters. The molecule has 1 aromatic heterocycles. The highest BCUT2D eigenvalue weighted by Gasteiger charge is 2.25. The number of hydrogen-bond acceptors (Lipinski definition) is 4. The van der Waals surface area contributed by atoms with Crippen LogP contribution in [-0.2, 0) is 10.0 Å². The van der Waals surface area contributed by atoms with Crippen LogP contribution < -0.4 is 10.0 Å². The van der Waals surface area contributed by atoms with Gasteiger partial charge in [-0.05, 0) is 41.9 Å². The van der Waals surface area contributed by atoms with Crippen molar-refractivity contribution >= 4 is 49.7 Å². The molecular weight excluding hydrogens is 348 g/mol. The van der Waals surface area contributed by atoms with Gasteiger partial charge in [0.2, 0.25) is 10.0 Å². The fraction of sp³-hybridized carbons (Fsp3) is 0.556. The van der Waals surface area contributed by atoms with Crippen LogP contribution in [-0.4, -0.2) is 27.5 Å². The topological polar surface area (TPSA) is 58.2 Å². The number of hydrogen-bond donors (Lipinski definition) is 2. The van der Waals surface area contributed by atoms with Crippen LogP contribution in [0.3, 0.4) is 0 Å². The first-order valence-corrected chi connectivity index (χ1v) is 8.07. The van der Waals surface area contributed by atoms with Crippen LogP contribution in [0, 0.1) is 6.92 Å². The Balaban J connectivity index is 0.00000144. The second-order valence-electron chi connectivity index (χ2n) is 3.78. The van der Waals surface area contributed by atoms with E-state index < -0.39 is 10.0 Å². The van der Waals surface area contributed by atoms with E-state index in [4.69, 9.17) is 0 Å². The molecule has 98 valence electrons. The van der Waals surface area contributed by atoms with Gasteiger partial charge in [0.05, 0.1) is 8.68 Å². The summed E-state index contributed by atoms with van der Waals surface area (Å²) in [6.45, 7) is 3.40. The molecule has 1 atom stereocenters. The van der Waals surface area contributed by atoms with Crippen LogP contribution in [0.5, 0.6) is 0 Å². The summed E-state index contributed by atoms with van der Waals surface area (Å²) in [5.74, 6) is 0.